The maximum Gasteiger partial charge on any atom is 0.237 e. The van der Waals surface area contributed by atoms with Gasteiger partial charge in [0.2, 0.25) is 5.91 Å². The van der Waals surface area contributed by atoms with E-state index in [4.69, 9.17) is 0 Å². The lowest BCUT2D eigenvalue weighted by atomic mass is 10.1. The van der Waals surface area contributed by atoms with E-state index >= 15 is 0 Å². The molecule has 0 heterocycles. The first kappa shape index (κ1) is 7.49. The molecule has 0 atom stereocenters. The summed E-state index contributed by atoms with van der Waals surface area (Å²) in [5, 5.41) is 1.21. The number of carbonyl (C=O) groups is 1. The van der Waals surface area contributed by atoms with Crippen molar-refractivity contribution in [2.45, 2.75) is 6.32 Å². The molecular weight excluding hydrogens is 105 g/mol. The van der Waals surface area contributed by atoms with Crippen LogP contribution in [0, 0.1) is 0 Å². The smallest absolute Gasteiger partial charge is 0.237 e. The molecule has 0 radical (unpaired) electrons. The Labute approximate surface area is 50.0 Å². The lowest BCUT2D eigenvalue weighted by Gasteiger charge is -2.10. The lowest BCUT2D eigenvalue weighted by molar-refractivity contribution is -0.165. The third-order valence-electron chi connectivity index (χ3n) is 0.928. The number of hydroxylamine groups is 2. The van der Waals surface area contributed by atoms with E-state index in [9.17, 15) is 4.79 Å². The molecule has 0 aliphatic carbocycles. The van der Waals surface area contributed by atoms with Crippen LogP contribution in [-0.2, 0) is 9.63 Å². The topological polar surface area (TPSA) is 29.5 Å². The Kier molecular flexibility index (Phi) is 3.27. The van der Waals surface area contributed by atoms with Crippen LogP contribution < -0.4 is 0 Å². The monoisotopic (exact) mass is 115 g/mol. The van der Waals surface area contributed by atoms with Gasteiger partial charge in [0.15, 0.2) is 0 Å². The van der Waals surface area contributed by atoms with Gasteiger partial charge in [-0.1, -0.05) is 0 Å². The van der Waals surface area contributed by atoms with Crippen molar-refractivity contribution in [3.8, 4) is 0 Å². The maximum absolute atomic E-state index is 10.5. The second kappa shape index (κ2) is 3.49. The number of hydrogen-bond acceptors (Lipinski definition) is 2. The molecule has 0 bridgehead atoms. The Hall–Kier alpha value is -0.505. The highest BCUT2D eigenvalue weighted by Crippen LogP contribution is 1.85. The number of rotatable bonds is 2. The molecule has 0 fully saturated rings. The van der Waals surface area contributed by atoms with Gasteiger partial charge < -0.3 is 0 Å². The van der Waals surface area contributed by atoms with E-state index < -0.39 is 0 Å². The highest BCUT2D eigenvalue weighted by atomic mass is 16.7. The predicted molar refractivity (Wildman–Crippen MR) is 33.1 cm³/mol. The Balaban J connectivity index is 3.46. The van der Waals surface area contributed by atoms with Gasteiger partial charge in [0.1, 0.15) is 7.85 Å². The molecule has 3 nitrogen and oxygen atoms in total. The maximum atomic E-state index is 10.5. The zero-order valence-corrected chi connectivity index (χ0v) is 5.47. The molecule has 4 heteroatoms. The quantitative estimate of drug-likeness (QED) is 0.343. The molecule has 0 rings (SSSR count). The molecule has 0 aliphatic heterocycles. The summed E-state index contributed by atoms with van der Waals surface area (Å²) >= 11 is 0. The van der Waals surface area contributed by atoms with E-state index in [1.807, 2.05) is 0 Å². The Bertz CT molecular complexity index is 86.1. The van der Waals surface area contributed by atoms with Crippen LogP contribution in [-0.4, -0.2) is 33.0 Å². The Morgan fingerprint density at radius 2 is 2.38 bits per heavy atom. The average molecular weight is 115 g/mol. The van der Waals surface area contributed by atoms with Crippen LogP contribution in [0.3, 0.4) is 0 Å². The summed E-state index contributed by atoms with van der Waals surface area (Å²) < 4.78 is 0. The predicted octanol–water partition coefficient (Wildman–Crippen LogP) is -0.942. The van der Waals surface area contributed by atoms with Crippen molar-refractivity contribution in [1.29, 1.82) is 0 Å². The molecule has 0 aromatic heterocycles. The van der Waals surface area contributed by atoms with Gasteiger partial charge in [0.25, 0.3) is 0 Å². The first-order chi connectivity index (χ1) is 3.72. The van der Waals surface area contributed by atoms with Crippen molar-refractivity contribution in [2.75, 3.05) is 14.2 Å². The van der Waals surface area contributed by atoms with E-state index in [0.29, 0.717) is 6.32 Å². The number of hydrogen-bond donors (Lipinski definition) is 0. The summed E-state index contributed by atoms with van der Waals surface area (Å²) in [7, 11) is 4.84. The zero-order chi connectivity index (χ0) is 6.57. The van der Waals surface area contributed by atoms with Crippen LogP contribution in [0.2, 0.25) is 6.32 Å². The van der Waals surface area contributed by atoms with Gasteiger partial charge in [0.05, 0.1) is 7.11 Å². The summed E-state index contributed by atoms with van der Waals surface area (Å²) in [6.07, 6.45) is 0.490. The van der Waals surface area contributed by atoms with Gasteiger partial charge in [-0.05, 0) is 6.32 Å². The molecule has 46 valence electrons. The zero-order valence-electron chi connectivity index (χ0n) is 5.47. The van der Waals surface area contributed by atoms with Crippen molar-refractivity contribution in [3.05, 3.63) is 0 Å². The molecule has 0 spiro atoms. The largest absolute Gasteiger partial charge is 0.275 e. The molecule has 0 N–H and O–H groups in total. The first-order valence-corrected chi connectivity index (χ1v) is 2.53. The van der Waals surface area contributed by atoms with Gasteiger partial charge >= 0.3 is 0 Å². The fourth-order valence-corrected chi connectivity index (χ4v) is 0.324. The SMILES string of the molecule is BCC(=O)N(C)OC. The Morgan fingerprint density at radius 3 is 2.50 bits per heavy atom. The molecular formula is C4H10BNO2. The highest BCUT2D eigenvalue weighted by Gasteiger charge is 2.01. The van der Waals surface area contributed by atoms with E-state index in [-0.39, 0.29) is 5.91 Å². The van der Waals surface area contributed by atoms with Crippen LogP contribution in [0.5, 0.6) is 0 Å². The Morgan fingerprint density at radius 1 is 1.88 bits per heavy atom. The second-order valence-corrected chi connectivity index (χ2v) is 1.43. The van der Waals surface area contributed by atoms with E-state index in [1.54, 1.807) is 14.9 Å². The number of amides is 1. The minimum Gasteiger partial charge on any atom is -0.275 e. The van der Waals surface area contributed by atoms with Crippen molar-refractivity contribution < 1.29 is 9.63 Å². The number of nitrogens with zero attached hydrogens (tertiary/aromatic N) is 1. The second-order valence-electron chi connectivity index (χ2n) is 1.43. The van der Waals surface area contributed by atoms with E-state index in [1.165, 1.54) is 12.2 Å². The van der Waals surface area contributed by atoms with E-state index in [2.05, 4.69) is 4.84 Å². The highest BCUT2D eigenvalue weighted by molar-refractivity contribution is 6.19. The molecule has 0 aliphatic rings. The van der Waals surface area contributed by atoms with Crippen LogP contribution in [0.1, 0.15) is 0 Å². The van der Waals surface area contributed by atoms with Crippen LogP contribution in [0.25, 0.3) is 0 Å². The fourth-order valence-electron chi connectivity index (χ4n) is 0.324. The van der Waals surface area contributed by atoms with Gasteiger partial charge in [-0.15, -0.1) is 0 Å². The van der Waals surface area contributed by atoms with Crippen molar-refractivity contribution >= 4 is 13.8 Å². The summed E-state index contributed by atoms with van der Waals surface area (Å²) in [5.41, 5.74) is 0. The van der Waals surface area contributed by atoms with Gasteiger partial charge in [-0.25, -0.2) is 5.06 Å². The molecule has 0 saturated heterocycles. The summed E-state index contributed by atoms with van der Waals surface area (Å²) in [6.45, 7) is 0. The van der Waals surface area contributed by atoms with Crippen molar-refractivity contribution in [1.82, 2.24) is 5.06 Å². The van der Waals surface area contributed by atoms with Gasteiger partial charge in [-0.3, -0.25) is 9.63 Å². The van der Waals surface area contributed by atoms with Gasteiger partial charge in [0, 0.05) is 7.05 Å². The normalized spacial score (nSPS) is 8.75. The minimum absolute atomic E-state index is 0.00694. The fraction of sp³-hybridized carbons (Fsp3) is 0.750. The molecule has 1 amide bonds. The average Bonchev–Trinajstić information content (AvgIpc) is 1.84. The van der Waals surface area contributed by atoms with Crippen LogP contribution in [0.15, 0.2) is 0 Å². The summed E-state index contributed by atoms with van der Waals surface area (Å²) in [6, 6.07) is 0. The molecule has 0 unspecified atom stereocenters. The minimum atomic E-state index is -0.00694. The molecule has 0 saturated carbocycles. The molecule has 0 aromatic carbocycles. The van der Waals surface area contributed by atoms with E-state index in [0.717, 1.165) is 0 Å². The summed E-state index contributed by atoms with van der Waals surface area (Å²) in [4.78, 5) is 15.1. The van der Waals surface area contributed by atoms with Crippen LogP contribution >= 0.6 is 0 Å². The van der Waals surface area contributed by atoms with Crippen molar-refractivity contribution in [3.63, 3.8) is 0 Å². The first-order valence-electron chi connectivity index (χ1n) is 2.53. The number of carbonyl (C=O) groups excluding carboxylic acids is 1. The molecule has 0 aromatic rings. The van der Waals surface area contributed by atoms with Gasteiger partial charge in [-0.2, -0.15) is 0 Å². The molecule has 8 heavy (non-hydrogen) atoms. The standard InChI is InChI=1S/C4H10BNO2/c1-6(8-2)4(7)3-5/h3,5H2,1-2H3. The summed E-state index contributed by atoms with van der Waals surface area (Å²) in [5.74, 6) is -0.00694. The lowest BCUT2D eigenvalue weighted by Crippen LogP contribution is -2.24. The third kappa shape index (κ3) is 1.98. The van der Waals surface area contributed by atoms with Crippen molar-refractivity contribution in [2.24, 2.45) is 0 Å². The van der Waals surface area contributed by atoms with Crippen LogP contribution in [0.4, 0.5) is 0 Å². The third-order valence-corrected chi connectivity index (χ3v) is 0.928.